The first-order valence-corrected chi connectivity index (χ1v) is 5.03. The molecule has 0 aromatic heterocycles. The number of benzene rings is 1. The third-order valence-corrected chi connectivity index (χ3v) is 1.95. The maximum absolute atomic E-state index is 10.9. The fourth-order valence-corrected chi connectivity index (χ4v) is 1.42. The van der Waals surface area contributed by atoms with Gasteiger partial charge in [0.1, 0.15) is 5.75 Å². The van der Waals surface area contributed by atoms with Crippen molar-refractivity contribution in [2.24, 2.45) is 0 Å². The van der Waals surface area contributed by atoms with Gasteiger partial charge in [-0.2, -0.15) is 0 Å². The maximum atomic E-state index is 10.9. The summed E-state index contributed by atoms with van der Waals surface area (Å²) in [5.74, 6) is -0.112. The van der Waals surface area contributed by atoms with E-state index < -0.39 is 5.97 Å². The van der Waals surface area contributed by atoms with Gasteiger partial charge < -0.3 is 10.5 Å². The summed E-state index contributed by atoms with van der Waals surface area (Å²) in [6.45, 7) is 1.29. The lowest BCUT2D eigenvalue weighted by atomic mass is 10.1. The number of anilines is 1. The number of hydrogen-bond donors (Lipinski definition) is 1. The molecule has 1 aromatic rings. The monoisotopic (exact) mass is 271 g/mol. The fraction of sp³-hybridized carbons (Fsp3) is 0.200. The van der Waals surface area contributed by atoms with Crippen LogP contribution in [0.1, 0.15) is 12.5 Å². The SMILES string of the molecule is CC(=O)Oc1cc(N)ccc1CC(=O)Br. The van der Waals surface area contributed by atoms with Crippen molar-refractivity contribution in [3.63, 3.8) is 0 Å². The summed E-state index contributed by atoms with van der Waals surface area (Å²) in [6, 6.07) is 4.83. The normalized spacial score (nSPS) is 9.73. The first-order valence-electron chi connectivity index (χ1n) is 4.24. The lowest BCUT2D eigenvalue weighted by Gasteiger charge is -2.07. The molecule has 0 amide bonds. The molecule has 80 valence electrons. The number of hydrogen-bond acceptors (Lipinski definition) is 4. The van der Waals surface area contributed by atoms with Crippen LogP contribution in [0.3, 0.4) is 0 Å². The van der Waals surface area contributed by atoms with Crippen LogP contribution in [-0.2, 0) is 16.0 Å². The molecule has 0 radical (unpaired) electrons. The standard InChI is InChI=1S/C10H10BrNO3/c1-6(13)15-9-5-8(12)3-2-7(9)4-10(11)14/h2-3,5H,4,12H2,1H3. The third kappa shape index (κ3) is 3.71. The summed E-state index contributed by atoms with van der Waals surface area (Å²) in [7, 11) is 0. The Morgan fingerprint density at radius 1 is 1.47 bits per heavy atom. The number of ether oxygens (including phenoxy) is 1. The zero-order valence-electron chi connectivity index (χ0n) is 8.12. The Hall–Kier alpha value is -1.36. The van der Waals surface area contributed by atoms with Crippen LogP contribution in [0, 0.1) is 0 Å². The third-order valence-electron chi connectivity index (χ3n) is 1.67. The van der Waals surface area contributed by atoms with Crippen molar-refractivity contribution >= 4 is 32.3 Å². The van der Waals surface area contributed by atoms with Gasteiger partial charge in [-0.25, -0.2) is 0 Å². The molecular weight excluding hydrogens is 262 g/mol. The van der Waals surface area contributed by atoms with Crippen LogP contribution in [0.2, 0.25) is 0 Å². The van der Waals surface area contributed by atoms with Gasteiger partial charge in [-0.1, -0.05) is 6.07 Å². The molecule has 5 heteroatoms. The molecule has 0 saturated heterocycles. The van der Waals surface area contributed by atoms with Crippen molar-refractivity contribution < 1.29 is 14.3 Å². The van der Waals surface area contributed by atoms with Crippen molar-refractivity contribution in [1.29, 1.82) is 0 Å². The summed E-state index contributed by atoms with van der Waals surface area (Å²) < 4.78 is 4.76. The van der Waals surface area contributed by atoms with E-state index in [9.17, 15) is 9.59 Å². The van der Waals surface area contributed by atoms with Gasteiger partial charge in [0.2, 0.25) is 4.69 Å². The molecule has 0 spiro atoms. The highest BCUT2D eigenvalue weighted by Gasteiger charge is 2.09. The van der Waals surface area contributed by atoms with E-state index in [1.165, 1.54) is 13.0 Å². The summed E-state index contributed by atoms with van der Waals surface area (Å²) in [6.07, 6.45) is 0.156. The summed E-state index contributed by atoms with van der Waals surface area (Å²) in [5, 5.41) is 0. The van der Waals surface area contributed by atoms with E-state index in [1.807, 2.05) is 0 Å². The van der Waals surface area contributed by atoms with Crippen molar-refractivity contribution in [3.05, 3.63) is 23.8 Å². The highest BCUT2D eigenvalue weighted by atomic mass is 79.9. The van der Waals surface area contributed by atoms with Gasteiger partial charge >= 0.3 is 5.97 Å². The quantitative estimate of drug-likeness (QED) is 0.393. The van der Waals surface area contributed by atoms with Gasteiger partial charge in [-0.3, -0.25) is 9.59 Å². The summed E-state index contributed by atoms with van der Waals surface area (Å²) in [5.41, 5.74) is 6.66. The molecule has 0 atom stereocenters. The number of carbonyl (C=O) groups is 2. The largest absolute Gasteiger partial charge is 0.426 e. The second-order valence-electron chi connectivity index (χ2n) is 2.99. The molecular formula is C10H10BrNO3. The molecule has 1 aromatic carbocycles. The molecule has 1 rings (SSSR count). The molecule has 0 unspecified atom stereocenters. The summed E-state index contributed by atoms with van der Waals surface area (Å²) >= 11 is 2.82. The first-order chi connectivity index (χ1) is 6.99. The van der Waals surface area contributed by atoms with Gasteiger partial charge in [0.25, 0.3) is 0 Å². The van der Waals surface area contributed by atoms with E-state index in [-0.39, 0.29) is 11.1 Å². The maximum Gasteiger partial charge on any atom is 0.308 e. The van der Waals surface area contributed by atoms with Crippen molar-refractivity contribution in [2.45, 2.75) is 13.3 Å². The van der Waals surface area contributed by atoms with E-state index in [2.05, 4.69) is 15.9 Å². The van der Waals surface area contributed by atoms with Crippen LogP contribution in [0.15, 0.2) is 18.2 Å². The van der Waals surface area contributed by atoms with E-state index in [1.54, 1.807) is 12.1 Å². The van der Waals surface area contributed by atoms with Crippen molar-refractivity contribution in [3.8, 4) is 5.75 Å². The van der Waals surface area contributed by atoms with E-state index in [4.69, 9.17) is 10.5 Å². The van der Waals surface area contributed by atoms with E-state index in [0.29, 0.717) is 17.0 Å². The molecule has 0 fully saturated rings. The highest BCUT2D eigenvalue weighted by molar-refractivity contribution is 9.18. The smallest absolute Gasteiger partial charge is 0.308 e. The van der Waals surface area contributed by atoms with Gasteiger partial charge in [-0.05, 0) is 22.0 Å². The Labute approximate surface area is 95.5 Å². The second kappa shape index (κ2) is 4.93. The van der Waals surface area contributed by atoms with Gasteiger partial charge in [0.15, 0.2) is 0 Å². The van der Waals surface area contributed by atoms with Crippen LogP contribution in [0.4, 0.5) is 5.69 Å². The number of carbonyl (C=O) groups excluding carboxylic acids is 2. The lowest BCUT2D eigenvalue weighted by molar-refractivity contribution is -0.132. The van der Waals surface area contributed by atoms with Crippen LogP contribution in [-0.4, -0.2) is 10.7 Å². The molecule has 2 N–H and O–H groups in total. The van der Waals surface area contributed by atoms with Crippen molar-refractivity contribution in [1.82, 2.24) is 0 Å². The minimum absolute atomic E-state index is 0.156. The number of halogens is 1. The number of nitrogen functional groups attached to an aromatic ring is 1. The topological polar surface area (TPSA) is 69.4 Å². The van der Waals surface area contributed by atoms with Crippen LogP contribution in [0.5, 0.6) is 5.75 Å². The highest BCUT2D eigenvalue weighted by Crippen LogP contribution is 2.23. The molecule has 0 bridgehead atoms. The molecule has 0 heterocycles. The van der Waals surface area contributed by atoms with Crippen LogP contribution in [0.25, 0.3) is 0 Å². The molecule has 0 aliphatic heterocycles. The molecule has 0 aliphatic rings. The Balaban J connectivity index is 3.02. The van der Waals surface area contributed by atoms with Crippen LogP contribution < -0.4 is 10.5 Å². The number of esters is 1. The van der Waals surface area contributed by atoms with Gasteiger partial charge in [0.05, 0.1) is 0 Å². The minimum atomic E-state index is -0.441. The average molecular weight is 272 g/mol. The first kappa shape index (κ1) is 11.7. The Morgan fingerprint density at radius 2 is 2.13 bits per heavy atom. The lowest BCUT2D eigenvalue weighted by Crippen LogP contribution is -2.06. The van der Waals surface area contributed by atoms with E-state index >= 15 is 0 Å². The van der Waals surface area contributed by atoms with Gasteiger partial charge in [-0.15, -0.1) is 0 Å². The number of nitrogens with two attached hydrogens (primary N) is 1. The minimum Gasteiger partial charge on any atom is -0.426 e. The number of rotatable bonds is 3. The molecule has 0 saturated carbocycles. The predicted octanol–water partition coefficient (Wildman–Crippen LogP) is 1.66. The fourth-order valence-electron chi connectivity index (χ4n) is 1.12. The summed E-state index contributed by atoms with van der Waals surface area (Å²) in [4.78, 5) is 21.7. The predicted molar refractivity (Wildman–Crippen MR) is 59.8 cm³/mol. The molecule has 0 aliphatic carbocycles. The average Bonchev–Trinajstić information content (AvgIpc) is 2.08. The Morgan fingerprint density at radius 3 is 2.67 bits per heavy atom. The van der Waals surface area contributed by atoms with E-state index in [0.717, 1.165) is 0 Å². The zero-order chi connectivity index (χ0) is 11.4. The zero-order valence-corrected chi connectivity index (χ0v) is 9.71. The molecule has 15 heavy (non-hydrogen) atoms. The van der Waals surface area contributed by atoms with Gasteiger partial charge in [0, 0.05) is 30.7 Å². The van der Waals surface area contributed by atoms with Crippen molar-refractivity contribution in [2.75, 3.05) is 5.73 Å². The second-order valence-corrected chi connectivity index (χ2v) is 3.88. The Bertz CT molecular complexity index is 404. The Kier molecular flexibility index (Phi) is 3.85. The molecule has 4 nitrogen and oxygen atoms in total. The van der Waals surface area contributed by atoms with Crippen LogP contribution >= 0.6 is 15.9 Å².